The second-order valence-electron chi connectivity index (χ2n) is 8.12. The third-order valence-corrected chi connectivity index (χ3v) is 5.94. The van der Waals surface area contributed by atoms with Gasteiger partial charge in [0.05, 0.1) is 14.2 Å². The van der Waals surface area contributed by atoms with Crippen LogP contribution in [-0.4, -0.2) is 56.5 Å². The molecule has 1 aromatic heterocycles. The topological polar surface area (TPSA) is 110 Å². The molecule has 0 atom stereocenters. The average Bonchev–Trinajstić information content (AvgIpc) is 3.31. The Morgan fingerprint density at radius 3 is 2.41 bits per heavy atom. The Morgan fingerprint density at radius 2 is 1.71 bits per heavy atom. The Labute approximate surface area is 197 Å². The van der Waals surface area contributed by atoms with E-state index in [1.807, 2.05) is 24.3 Å². The van der Waals surface area contributed by atoms with E-state index in [0.717, 1.165) is 18.2 Å². The second kappa shape index (κ2) is 10.3. The molecule has 2 N–H and O–H groups in total. The highest BCUT2D eigenvalue weighted by Crippen LogP contribution is 2.29. The summed E-state index contributed by atoms with van der Waals surface area (Å²) in [5.41, 5.74) is 1.12. The summed E-state index contributed by atoms with van der Waals surface area (Å²) >= 11 is 0. The van der Waals surface area contributed by atoms with Crippen LogP contribution in [0.4, 0.5) is 5.69 Å². The number of ether oxygens (including phenoxy) is 2. The van der Waals surface area contributed by atoms with Gasteiger partial charge in [0.1, 0.15) is 5.58 Å². The number of methoxy groups -OCH3 is 2. The van der Waals surface area contributed by atoms with Crippen molar-refractivity contribution in [2.75, 3.05) is 39.2 Å². The summed E-state index contributed by atoms with van der Waals surface area (Å²) in [7, 11) is 3.01. The highest BCUT2D eigenvalue weighted by Gasteiger charge is 2.26. The number of para-hydroxylation sites is 1. The van der Waals surface area contributed by atoms with Crippen molar-refractivity contribution in [3.05, 3.63) is 54.3 Å². The lowest BCUT2D eigenvalue weighted by molar-refractivity contribution is -0.136. The van der Waals surface area contributed by atoms with Gasteiger partial charge >= 0.3 is 11.8 Å². The molecule has 1 saturated heterocycles. The van der Waals surface area contributed by atoms with Crippen LogP contribution in [0.1, 0.15) is 23.4 Å². The SMILES string of the molecule is COc1ccc(NC(=O)C(=O)NCC2CCN(C(=O)c3cc4ccccc4o3)CC2)cc1OC. The molecule has 2 aromatic carbocycles. The van der Waals surface area contributed by atoms with E-state index in [4.69, 9.17) is 13.9 Å². The quantitative estimate of drug-likeness (QED) is 0.542. The number of nitrogens with one attached hydrogen (secondary N) is 2. The number of anilines is 1. The molecule has 0 aliphatic carbocycles. The molecule has 3 aromatic rings. The lowest BCUT2D eigenvalue weighted by atomic mass is 9.96. The predicted octanol–water partition coefficient (Wildman–Crippen LogP) is 3.06. The van der Waals surface area contributed by atoms with Crippen LogP contribution in [0.5, 0.6) is 11.5 Å². The first-order valence-corrected chi connectivity index (χ1v) is 11.1. The summed E-state index contributed by atoms with van der Waals surface area (Å²) in [4.78, 5) is 39.1. The van der Waals surface area contributed by atoms with Crippen molar-refractivity contribution < 1.29 is 28.3 Å². The maximum absolute atomic E-state index is 12.8. The van der Waals surface area contributed by atoms with E-state index in [2.05, 4.69) is 10.6 Å². The Hall–Kier alpha value is -4.01. The minimum Gasteiger partial charge on any atom is -0.493 e. The standard InChI is InChI=1S/C25H27N3O6/c1-32-20-8-7-18(14-21(20)33-2)27-24(30)23(29)26-15-16-9-11-28(12-10-16)25(31)22-13-17-5-3-4-6-19(17)34-22/h3-8,13-14,16H,9-12,15H2,1-2H3,(H,26,29)(H,27,30). The molecule has 0 radical (unpaired) electrons. The predicted molar refractivity (Wildman–Crippen MR) is 126 cm³/mol. The highest BCUT2D eigenvalue weighted by molar-refractivity contribution is 6.39. The number of benzene rings is 2. The van der Waals surface area contributed by atoms with Crippen LogP contribution in [0, 0.1) is 5.92 Å². The van der Waals surface area contributed by atoms with Gasteiger partial charge in [0.25, 0.3) is 5.91 Å². The van der Waals surface area contributed by atoms with Gasteiger partial charge in [-0.05, 0) is 43.0 Å². The third-order valence-electron chi connectivity index (χ3n) is 5.94. The van der Waals surface area contributed by atoms with Crippen molar-refractivity contribution >= 4 is 34.4 Å². The number of carbonyl (C=O) groups excluding carboxylic acids is 3. The van der Waals surface area contributed by atoms with Crippen molar-refractivity contribution in [3.63, 3.8) is 0 Å². The molecule has 0 saturated carbocycles. The highest BCUT2D eigenvalue weighted by atomic mass is 16.5. The molecule has 1 fully saturated rings. The molecule has 34 heavy (non-hydrogen) atoms. The molecule has 0 spiro atoms. The Bertz CT molecular complexity index is 1160. The normalized spacial score (nSPS) is 14.0. The van der Waals surface area contributed by atoms with Gasteiger partial charge in [0.2, 0.25) is 0 Å². The fourth-order valence-corrected chi connectivity index (χ4v) is 4.00. The van der Waals surface area contributed by atoms with Crippen molar-refractivity contribution in [2.45, 2.75) is 12.8 Å². The van der Waals surface area contributed by atoms with E-state index >= 15 is 0 Å². The van der Waals surface area contributed by atoms with E-state index in [1.54, 1.807) is 29.2 Å². The van der Waals surface area contributed by atoms with Crippen LogP contribution < -0.4 is 20.1 Å². The fourth-order valence-electron chi connectivity index (χ4n) is 4.00. The van der Waals surface area contributed by atoms with Gasteiger partial charge < -0.3 is 29.4 Å². The minimum atomic E-state index is -0.760. The minimum absolute atomic E-state index is 0.131. The zero-order valence-electron chi connectivity index (χ0n) is 19.1. The first kappa shape index (κ1) is 23.2. The number of hydrogen-bond donors (Lipinski definition) is 2. The summed E-state index contributed by atoms with van der Waals surface area (Å²) in [5, 5.41) is 6.14. The second-order valence-corrected chi connectivity index (χ2v) is 8.12. The number of fused-ring (bicyclic) bond motifs is 1. The lowest BCUT2D eigenvalue weighted by Gasteiger charge is -2.31. The van der Waals surface area contributed by atoms with Gasteiger partial charge in [0.15, 0.2) is 17.3 Å². The number of amides is 3. The van der Waals surface area contributed by atoms with E-state index in [0.29, 0.717) is 48.2 Å². The number of hydrogen-bond acceptors (Lipinski definition) is 6. The fraction of sp³-hybridized carbons (Fsp3) is 0.320. The molecule has 2 heterocycles. The Kier molecular flexibility index (Phi) is 7.01. The van der Waals surface area contributed by atoms with E-state index in [-0.39, 0.29) is 11.8 Å². The van der Waals surface area contributed by atoms with Crippen molar-refractivity contribution in [3.8, 4) is 11.5 Å². The third kappa shape index (κ3) is 5.14. The molecule has 9 heteroatoms. The Balaban J connectivity index is 1.24. The number of carbonyl (C=O) groups is 3. The van der Waals surface area contributed by atoms with Crippen molar-refractivity contribution in [1.29, 1.82) is 0 Å². The summed E-state index contributed by atoms with van der Waals surface area (Å²) in [6.45, 7) is 1.49. The Morgan fingerprint density at radius 1 is 0.971 bits per heavy atom. The van der Waals surface area contributed by atoms with Crippen LogP contribution in [0.2, 0.25) is 0 Å². The van der Waals surface area contributed by atoms with Gasteiger partial charge in [-0.25, -0.2) is 0 Å². The lowest BCUT2D eigenvalue weighted by Crippen LogP contribution is -2.43. The molecular formula is C25H27N3O6. The monoisotopic (exact) mass is 465 g/mol. The van der Waals surface area contributed by atoms with Crippen molar-refractivity contribution in [1.82, 2.24) is 10.2 Å². The van der Waals surface area contributed by atoms with Crippen LogP contribution in [0.3, 0.4) is 0 Å². The van der Waals surface area contributed by atoms with Crippen LogP contribution >= 0.6 is 0 Å². The maximum atomic E-state index is 12.8. The molecule has 3 amide bonds. The van der Waals surface area contributed by atoms with Gasteiger partial charge in [-0.15, -0.1) is 0 Å². The molecule has 0 unspecified atom stereocenters. The number of likely N-dealkylation sites (tertiary alicyclic amines) is 1. The summed E-state index contributed by atoms with van der Waals surface area (Å²) < 4.78 is 16.1. The summed E-state index contributed by atoms with van der Waals surface area (Å²) in [6, 6.07) is 14.1. The van der Waals surface area contributed by atoms with Gasteiger partial charge in [-0.3, -0.25) is 14.4 Å². The first-order valence-electron chi connectivity index (χ1n) is 11.1. The van der Waals surface area contributed by atoms with Gasteiger partial charge in [-0.2, -0.15) is 0 Å². The van der Waals surface area contributed by atoms with Crippen LogP contribution in [-0.2, 0) is 9.59 Å². The van der Waals surface area contributed by atoms with E-state index in [1.165, 1.54) is 14.2 Å². The molecule has 178 valence electrons. The molecular weight excluding hydrogens is 438 g/mol. The first-order chi connectivity index (χ1) is 16.5. The number of nitrogens with zero attached hydrogens (tertiary/aromatic N) is 1. The number of furan rings is 1. The summed E-state index contributed by atoms with van der Waals surface area (Å²) in [6.07, 6.45) is 1.45. The van der Waals surface area contributed by atoms with Crippen LogP contribution in [0.15, 0.2) is 52.9 Å². The van der Waals surface area contributed by atoms with E-state index in [9.17, 15) is 14.4 Å². The zero-order chi connectivity index (χ0) is 24.1. The van der Waals surface area contributed by atoms with Gasteiger partial charge in [-0.1, -0.05) is 18.2 Å². The molecule has 1 aliphatic heterocycles. The maximum Gasteiger partial charge on any atom is 0.313 e. The average molecular weight is 466 g/mol. The number of piperidine rings is 1. The molecule has 9 nitrogen and oxygen atoms in total. The van der Waals surface area contributed by atoms with Crippen LogP contribution in [0.25, 0.3) is 11.0 Å². The van der Waals surface area contributed by atoms with E-state index < -0.39 is 11.8 Å². The number of rotatable bonds is 6. The zero-order valence-corrected chi connectivity index (χ0v) is 19.1. The van der Waals surface area contributed by atoms with Crippen molar-refractivity contribution in [2.24, 2.45) is 5.92 Å². The smallest absolute Gasteiger partial charge is 0.313 e. The largest absolute Gasteiger partial charge is 0.493 e. The summed E-state index contributed by atoms with van der Waals surface area (Å²) in [5.74, 6) is -0.120. The molecule has 4 rings (SSSR count). The molecule has 1 aliphatic rings. The van der Waals surface area contributed by atoms with Gasteiger partial charge in [0, 0.05) is 36.8 Å². The molecule has 0 bridgehead atoms.